The number of nitrogens with one attached hydrogen (secondary N) is 6. The molecule has 0 fully saturated rings. The van der Waals surface area contributed by atoms with E-state index in [1.54, 1.807) is 70.2 Å². The van der Waals surface area contributed by atoms with Gasteiger partial charge in [-0.2, -0.15) is 12.6 Å². The van der Waals surface area contributed by atoms with E-state index in [0.717, 1.165) is 12.8 Å². The third-order valence-corrected chi connectivity index (χ3v) is 9.59. The van der Waals surface area contributed by atoms with Gasteiger partial charge in [0.15, 0.2) is 0 Å². The molecule has 0 saturated carbocycles. The first-order chi connectivity index (χ1) is 30.7. The number of carbonyl (C=O) groups is 8. The summed E-state index contributed by atoms with van der Waals surface area (Å²) in [7, 11) is 0. The number of fused-ring (bicyclic) bond motifs is 4. The SMILES string of the molecule is C/C=C1\NC(=O)c2cccc(n2)CNC(=O)C[C@@H](/C=C/CCC)OC(=O)[C@H](CC)NC1=O.C/C=C1\NC(=O)c2cccc(n2)CNC(=O)C[C@@H](/C=C/CCS)OC(=O)[C@H](CC)NC1=O. The summed E-state index contributed by atoms with van der Waals surface area (Å²) in [6, 6.07) is 7.75. The fourth-order valence-corrected chi connectivity index (χ4v) is 5.96. The van der Waals surface area contributed by atoms with Gasteiger partial charge in [-0.05, 0) is 81.7 Å². The minimum absolute atomic E-state index is 0.00626. The second kappa shape index (κ2) is 27.4. The molecule has 0 spiro atoms. The fraction of sp³-hybridized carbons (Fsp3) is 0.422. The first-order valence-corrected chi connectivity index (χ1v) is 21.8. The van der Waals surface area contributed by atoms with Crippen molar-refractivity contribution in [2.75, 3.05) is 5.75 Å². The maximum absolute atomic E-state index is 12.7. The Kier molecular flexibility index (Phi) is 22.2. The quantitative estimate of drug-likeness (QED) is 0.0873. The van der Waals surface area contributed by atoms with E-state index in [2.05, 4.69) is 54.5 Å². The Labute approximate surface area is 378 Å². The molecule has 0 aromatic carbocycles. The Morgan fingerprint density at radius 2 is 1.05 bits per heavy atom. The van der Waals surface area contributed by atoms with E-state index in [-0.39, 0.29) is 73.4 Å². The van der Waals surface area contributed by atoms with E-state index in [1.807, 2.05) is 13.0 Å². The molecule has 344 valence electrons. The summed E-state index contributed by atoms with van der Waals surface area (Å²) in [5.41, 5.74) is 1.12. The molecule has 2 aromatic rings. The van der Waals surface area contributed by atoms with Crippen molar-refractivity contribution in [3.8, 4) is 0 Å². The molecule has 4 atom stereocenters. The maximum Gasteiger partial charge on any atom is 0.329 e. The minimum atomic E-state index is -0.951. The molecule has 4 rings (SSSR count). The molecule has 6 N–H and O–H groups in total. The second-order valence-electron chi connectivity index (χ2n) is 14.3. The first-order valence-electron chi connectivity index (χ1n) is 21.1. The molecule has 2 aromatic heterocycles. The lowest BCUT2D eigenvalue weighted by atomic mass is 10.1. The first kappa shape index (κ1) is 51.7. The smallest absolute Gasteiger partial charge is 0.329 e. The van der Waals surface area contributed by atoms with Crippen LogP contribution in [0.25, 0.3) is 0 Å². The van der Waals surface area contributed by atoms with Crippen LogP contribution in [-0.2, 0) is 51.3 Å². The Balaban J connectivity index is 0.000000340. The molecular weight excluding hydrogens is 845 g/mol. The van der Waals surface area contributed by atoms with E-state index in [4.69, 9.17) is 9.47 Å². The predicted molar refractivity (Wildman–Crippen MR) is 240 cm³/mol. The molecule has 19 heteroatoms. The van der Waals surface area contributed by atoms with Gasteiger partial charge in [0.1, 0.15) is 47.1 Å². The van der Waals surface area contributed by atoms with Crippen LogP contribution < -0.4 is 31.9 Å². The van der Waals surface area contributed by atoms with Crippen LogP contribution in [0.5, 0.6) is 0 Å². The summed E-state index contributed by atoms with van der Waals surface area (Å²) in [5.74, 6) is -3.82. The van der Waals surface area contributed by atoms with E-state index in [1.165, 1.54) is 24.3 Å². The number of nitrogens with zero attached hydrogens (tertiary/aromatic N) is 2. The van der Waals surface area contributed by atoms with E-state index in [0.29, 0.717) is 23.6 Å². The summed E-state index contributed by atoms with van der Waals surface area (Å²) < 4.78 is 11.0. The van der Waals surface area contributed by atoms with Crippen molar-refractivity contribution in [2.24, 2.45) is 0 Å². The summed E-state index contributed by atoms with van der Waals surface area (Å²) in [4.78, 5) is 109. The van der Waals surface area contributed by atoms with Crippen LogP contribution in [0.15, 0.2) is 84.2 Å². The Morgan fingerprint density at radius 3 is 1.42 bits per heavy atom. The lowest BCUT2D eigenvalue weighted by Crippen LogP contribution is -2.46. The maximum atomic E-state index is 12.7. The Morgan fingerprint density at radius 1 is 0.625 bits per heavy atom. The zero-order valence-corrected chi connectivity index (χ0v) is 37.6. The molecule has 64 heavy (non-hydrogen) atoms. The van der Waals surface area contributed by atoms with Crippen molar-refractivity contribution in [1.82, 2.24) is 41.9 Å². The van der Waals surface area contributed by atoms with Crippen molar-refractivity contribution in [3.05, 3.63) is 107 Å². The molecule has 0 unspecified atom stereocenters. The molecular formula is C45H58N8O10S. The summed E-state index contributed by atoms with van der Waals surface area (Å²) in [6.45, 7) is 8.84. The number of amides is 6. The number of esters is 2. The molecule has 0 saturated heterocycles. The van der Waals surface area contributed by atoms with Gasteiger partial charge in [0, 0.05) is 0 Å². The van der Waals surface area contributed by atoms with Crippen LogP contribution >= 0.6 is 12.6 Å². The standard InChI is InChI=1S/C23H30N4O5.C22H28N4O5S/c1-4-7-8-11-16-13-20(28)24-14-15-10-9-12-19(25-15)22(30)26-17(5-2)21(29)27-18(6-3)23(31)32-16;1-3-16-20(28)26-17(4-2)22(30)31-15(9-5-6-11-32)12-19(27)23-13-14-8-7-10-18(24-14)21(29)25-16/h5,8-12,16,18H,4,6-7,13-14H2,1-3H3,(H,24,28)(H,26,30)(H,27,29);3,5,7-10,15,17,32H,4,6,11-13H2,1-2H3,(H,23,27)(H,25,29)(H,26,28)/b11-8+,17-5-;9-5+,16-3-/t16-,18+;15-,17+/m11/s1. The molecule has 0 aliphatic carbocycles. The highest BCUT2D eigenvalue weighted by atomic mass is 32.1. The number of aromatic nitrogens is 2. The van der Waals surface area contributed by atoms with Crippen molar-refractivity contribution in [1.29, 1.82) is 0 Å². The average Bonchev–Trinajstić information content (AvgIpc) is 3.28. The zero-order valence-electron chi connectivity index (χ0n) is 36.7. The zero-order chi connectivity index (χ0) is 47.0. The van der Waals surface area contributed by atoms with Crippen molar-refractivity contribution >= 4 is 60.0 Å². The molecule has 4 heterocycles. The molecule has 18 nitrogen and oxygen atoms in total. The summed E-state index contributed by atoms with van der Waals surface area (Å²) in [5, 5.41) is 15.6. The number of unbranched alkanes of at least 4 members (excludes halogenated alkanes) is 1. The van der Waals surface area contributed by atoms with Crippen LogP contribution in [0.1, 0.15) is 112 Å². The highest BCUT2D eigenvalue weighted by molar-refractivity contribution is 7.80. The fourth-order valence-electron chi connectivity index (χ4n) is 5.81. The van der Waals surface area contributed by atoms with Crippen molar-refractivity contribution in [2.45, 2.75) is 117 Å². The molecule has 0 radical (unpaired) electrons. The number of thiol groups is 1. The number of allylic oxidation sites excluding steroid dienone is 4. The van der Waals surface area contributed by atoms with Crippen LogP contribution in [0.4, 0.5) is 0 Å². The highest BCUT2D eigenvalue weighted by Gasteiger charge is 2.28. The number of carbonyl (C=O) groups excluding carboxylic acids is 8. The third kappa shape index (κ3) is 17.3. The normalized spacial score (nSPS) is 22.3. The van der Waals surface area contributed by atoms with Crippen molar-refractivity contribution < 1.29 is 47.8 Å². The van der Waals surface area contributed by atoms with Gasteiger partial charge in [-0.25, -0.2) is 19.6 Å². The van der Waals surface area contributed by atoms with Gasteiger partial charge < -0.3 is 41.4 Å². The highest BCUT2D eigenvalue weighted by Crippen LogP contribution is 2.11. The minimum Gasteiger partial charge on any atom is -0.456 e. The van der Waals surface area contributed by atoms with Gasteiger partial charge in [0.05, 0.1) is 37.3 Å². The Hall–Kier alpha value is -6.63. The summed E-state index contributed by atoms with van der Waals surface area (Å²) >= 11 is 4.14. The van der Waals surface area contributed by atoms with Crippen molar-refractivity contribution in [3.63, 3.8) is 0 Å². The Bertz CT molecular complexity index is 1970. The van der Waals surface area contributed by atoms with Crippen LogP contribution in [0.3, 0.4) is 0 Å². The van der Waals surface area contributed by atoms with E-state index in [9.17, 15) is 38.4 Å². The number of pyridine rings is 2. The molecule has 2 aliphatic rings. The molecule has 6 amide bonds. The lowest BCUT2D eigenvalue weighted by molar-refractivity contribution is -0.152. The van der Waals surface area contributed by atoms with E-state index >= 15 is 0 Å². The number of ether oxygens (including phenoxy) is 2. The van der Waals surface area contributed by atoms with Gasteiger partial charge in [0.25, 0.3) is 23.6 Å². The molecule has 2 aliphatic heterocycles. The van der Waals surface area contributed by atoms with Gasteiger partial charge in [-0.1, -0.05) is 63.6 Å². The van der Waals surface area contributed by atoms with Crippen LogP contribution in [-0.4, -0.2) is 87.4 Å². The van der Waals surface area contributed by atoms with E-state index < -0.39 is 59.9 Å². The number of hydrogen-bond donors (Lipinski definition) is 7. The van der Waals surface area contributed by atoms with Gasteiger partial charge >= 0.3 is 11.9 Å². The monoisotopic (exact) mass is 902 g/mol. The average molecular weight is 903 g/mol. The largest absolute Gasteiger partial charge is 0.456 e. The summed E-state index contributed by atoms with van der Waals surface area (Å²) in [6.07, 6.45) is 11.0. The van der Waals surface area contributed by atoms with Gasteiger partial charge in [-0.15, -0.1) is 0 Å². The topological polar surface area (TPSA) is 253 Å². The van der Waals surface area contributed by atoms with Gasteiger partial charge in [0.2, 0.25) is 11.8 Å². The van der Waals surface area contributed by atoms with Crippen LogP contribution in [0.2, 0.25) is 0 Å². The molecule has 4 bridgehead atoms. The van der Waals surface area contributed by atoms with Gasteiger partial charge in [-0.3, -0.25) is 28.8 Å². The lowest BCUT2D eigenvalue weighted by Gasteiger charge is -2.21. The number of hydrogen-bond acceptors (Lipinski definition) is 13. The number of cyclic esters (lactones) is 2. The number of rotatable bonds is 8. The van der Waals surface area contributed by atoms with Crippen LogP contribution in [0, 0.1) is 0 Å². The predicted octanol–water partition coefficient (Wildman–Crippen LogP) is 3.32. The third-order valence-electron chi connectivity index (χ3n) is 9.33. The second-order valence-corrected chi connectivity index (χ2v) is 14.7.